The number of H-pyrrole nitrogens is 1. The Morgan fingerprint density at radius 1 is 1.16 bits per heavy atom. The number of aliphatic carboxylic acids is 1. The van der Waals surface area contributed by atoms with Gasteiger partial charge in [-0.2, -0.15) is 4.39 Å². The van der Waals surface area contributed by atoms with Crippen LogP contribution >= 0.6 is 0 Å². The lowest BCUT2D eigenvalue weighted by atomic mass is 9.72. The van der Waals surface area contributed by atoms with Crippen LogP contribution in [0.15, 0.2) is 48.7 Å². The molecule has 37 heavy (non-hydrogen) atoms. The fraction of sp³-hybridized carbons (Fsp3) is 0.241. The van der Waals surface area contributed by atoms with E-state index in [1.807, 2.05) is 50.4 Å². The molecule has 3 aromatic heterocycles. The van der Waals surface area contributed by atoms with Crippen molar-refractivity contribution in [3.8, 4) is 5.88 Å². The fourth-order valence-electron chi connectivity index (χ4n) is 4.87. The van der Waals surface area contributed by atoms with Crippen LogP contribution in [0.4, 0.5) is 4.39 Å². The number of pyridine rings is 2. The summed E-state index contributed by atoms with van der Waals surface area (Å²) in [7, 11) is 1.60. The number of aromatic amines is 1. The first-order valence-electron chi connectivity index (χ1n) is 12.1. The normalized spacial score (nSPS) is 14.6. The van der Waals surface area contributed by atoms with Crippen molar-refractivity contribution in [1.82, 2.24) is 20.2 Å². The average molecular weight is 499 g/mol. The molecular weight excluding hydrogens is 471 g/mol. The number of methoxy groups -OCH3 is 1. The molecule has 0 unspecified atom stereocenters. The lowest BCUT2D eigenvalue weighted by Gasteiger charge is -2.32. The van der Waals surface area contributed by atoms with E-state index in [1.54, 1.807) is 13.2 Å². The molecule has 5 rings (SSSR count). The third-order valence-corrected chi connectivity index (χ3v) is 6.95. The van der Waals surface area contributed by atoms with Crippen LogP contribution < -0.4 is 4.74 Å². The van der Waals surface area contributed by atoms with Crippen molar-refractivity contribution < 1.29 is 19.0 Å². The van der Waals surface area contributed by atoms with Crippen LogP contribution in [0.2, 0.25) is 0 Å². The van der Waals surface area contributed by atoms with Crippen molar-refractivity contribution in [2.75, 3.05) is 7.11 Å². The molecule has 0 bridgehead atoms. The van der Waals surface area contributed by atoms with Gasteiger partial charge in [-0.05, 0) is 79.2 Å². The lowest BCUT2D eigenvalue weighted by Crippen LogP contribution is -2.16. The number of aryl methyl sites for hydroxylation is 2. The van der Waals surface area contributed by atoms with Crippen molar-refractivity contribution in [2.24, 2.45) is 5.92 Å². The summed E-state index contributed by atoms with van der Waals surface area (Å²) in [6.07, 6.45) is 7.61. The van der Waals surface area contributed by atoms with Gasteiger partial charge in [-0.1, -0.05) is 18.6 Å². The fourth-order valence-corrected chi connectivity index (χ4v) is 4.87. The average Bonchev–Trinajstić information content (AvgIpc) is 3.22. The Kier molecular flexibility index (Phi) is 6.56. The molecule has 8 heteroatoms. The van der Waals surface area contributed by atoms with E-state index in [4.69, 9.17) is 9.84 Å². The van der Waals surface area contributed by atoms with Crippen LogP contribution in [0.25, 0.3) is 28.1 Å². The maximum absolute atomic E-state index is 14.5. The van der Waals surface area contributed by atoms with Gasteiger partial charge in [-0.25, -0.2) is 9.78 Å². The van der Waals surface area contributed by atoms with E-state index in [-0.39, 0.29) is 0 Å². The Balaban J connectivity index is 1.80. The molecule has 0 atom stereocenters. The summed E-state index contributed by atoms with van der Waals surface area (Å²) in [4.78, 5) is 20.2. The molecule has 0 radical (unpaired) electrons. The van der Waals surface area contributed by atoms with Crippen LogP contribution in [0.5, 0.6) is 5.88 Å². The van der Waals surface area contributed by atoms with Gasteiger partial charge in [0.15, 0.2) is 0 Å². The molecule has 4 aromatic rings. The standard InChI is InChI=1S/C29H27FN4O3/c1-16-13-25(37-3)31-15-23(16)27(18-5-4-6-18)28(19-7-11-24-22(14-19)29(30)34-33-24)21-10-8-20(32-17(21)2)9-12-26(35)36/h7-15,18H,4-6H2,1-3H3,(H,33,34)(H,35,36)/b12-9+,28-27-. The Morgan fingerprint density at radius 3 is 2.62 bits per heavy atom. The second kappa shape index (κ2) is 9.97. The van der Waals surface area contributed by atoms with Gasteiger partial charge in [0, 0.05) is 35.2 Å². The molecule has 1 aliphatic rings. The highest BCUT2D eigenvalue weighted by Gasteiger charge is 2.29. The van der Waals surface area contributed by atoms with E-state index in [0.717, 1.165) is 64.4 Å². The number of hydrogen-bond donors (Lipinski definition) is 2. The highest BCUT2D eigenvalue weighted by molar-refractivity contribution is 6.02. The first-order valence-corrected chi connectivity index (χ1v) is 12.1. The molecule has 0 spiro atoms. The van der Waals surface area contributed by atoms with Gasteiger partial charge >= 0.3 is 5.97 Å². The lowest BCUT2D eigenvalue weighted by molar-refractivity contribution is -0.131. The van der Waals surface area contributed by atoms with E-state index in [9.17, 15) is 9.18 Å². The maximum Gasteiger partial charge on any atom is 0.328 e. The van der Waals surface area contributed by atoms with Crippen molar-refractivity contribution >= 4 is 34.1 Å². The molecule has 1 aromatic carbocycles. The molecule has 0 amide bonds. The van der Waals surface area contributed by atoms with Gasteiger partial charge in [-0.3, -0.25) is 10.1 Å². The molecule has 0 saturated heterocycles. The number of fused-ring (bicyclic) bond motifs is 1. The summed E-state index contributed by atoms with van der Waals surface area (Å²) in [6, 6.07) is 11.3. The summed E-state index contributed by atoms with van der Waals surface area (Å²) in [5, 5.41) is 15.9. The maximum atomic E-state index is 14.5. The Bertz CT molecular complexity index is 1570. The molecule has 3 heterocycles. The van der Waals surface area contributed by atoms with E-state index >= 15 is 0 Å². The molecule has 1 aliphatic carbocycles. The number of ether oxygens (including phenoxy) is 1. The number of aromatic nitrogens is 4. The molecule has 7 nitrogen and oxygen atoms in total. The smallest absolute Gasteiger partial charge is 0.328 e. The summed E-state index contributed by atoms with van der Waals surface area (Å²) < 4.78 is 19.9. The van der Waals surface area contributed by atoms with Gasteiger partial charge in [0.25, 0.3) is 0 Å². The predicted molar refractivity (Wildman–Crippen MR) is 140 cm³/mol. The molecule has 2 N–H and O–H groups in total. The zero-order chi connectivity index (χ0) is 26.1. The second-order valence-electron chi connectivity index (χ2n) is 9.27. The van der Waals surface area contributed by atoms with E-state index in [2.05, 4.69) is 20.2 Å². The zero-order valence-corrected chi connectivity index (χ0v) is 20.9. The van der Waals surface area contributed by atoms with E-state index < -0.39 is 11.9 Å². The van der Waals surface area contributed by atoms with Gasteiger partial charge in [-0.15, -0.1) is 5.10 Å². The van der Waals surface area contributed by atoms with Crippen molar-refractivity contribution in [3.63, 3.8) is 0 Å². The summed E-state index contributed by atoms with van der Waals surface area (Å²) in [5.74, 6) is -0.730. The highest BCUT2D eigenvalue weighted by Crippen LogP contribution is 2.46. The first kappa shape index (κ1) is 24.4. The van der Waals surface area contributed by atoms with Crippen molar-refractivity contribution in [1.29, 1.82) is 0 Å². The van der Waals surface area contributed by atoms with Crippen LogP contribution in [0, 0.1) is 25.7 Å². The Labute approximate surface area is 213 Å². The summed E-state index contributed by atoms with van der Waals surface area (Å²) >= 11 is 0. The number of halogens is 1. The number of rotatable bonds is 7. The number of allylic oxidation sites excluding steroid dienone is 1. The Hall–Kier alpha value is -4.33. The van der Waals surface area contributed by atoms with Gasteiger partial charge < -0.3 is 9.84 Å². The first-order chi connectivity index (χ1) is 17.9. The predicted octanol–water partition coefficient (Wildman–Crippen LogP) is 5.97. The summed E-state index contributed by atoms with van der Waals surface area (Å²) in [6.45, 7) is 3.95. The molecule has 1 saturated carbocycles. The third-order valence-electron chi connectivity index (χ3n) is 6.95. The monoisotopic (exact) mass is 498 g/mol. The van der Waals surface area contributed by atoms with Crippen LogP contribution in [0.1, 0.15) is 52.9 Å². The zero-order valence-electron chi connectivity index (χ0n) is 20.9. The number of hydrogen-bond acceptors (Lipinski definition) is 5. The highest BCUT2D eigenvalue weighted by atomic mass is 19.1. The number of nitrogens with one attached hydrogen (secondary N) is 1. The molecule has 0 aliphatic heterocycles. The van der Waals surface area contributed by atoms with Crippen molar-refractivity contribution in [3.05, 3.63) is 88.3 Å². The van der Waals surface area contributed by atoms with Crippen LogP contribution in [0.3, 0.4) is 0 Å². The quantitative estimate of drug-likeness (QED) is 0.304. The number of benzene rings is 1. The van der Waals surface area contributed by atoms with Gasteiger partial charge in [0.2, 0.25) is 11.8 Å². The number of carboxylic acid groups (broad SMARTS) is 1. The Morgan fingerprint density at radius 2 is 1.97 bits per heavy atom. The molecule has 1 fully saturated rings. The SMILES string of the molecule is COc1cc(C)c(/C(=C(/c2ccc3[nH]nc(F)c3c2)c2ccc(/C=C/C(=O)O)nc2C)C2CCC2)cn1. The largest absolute Gasteiger partial charge is 0.481 e. The van der Waals surface area contributed by atoms with E-state index in [1.165, 1.54) is 6.08 Å². The summed E-state index contributed by atoms with van der Waals surface area (Å²) in [5.41, 5.74) is 7.81. The minimum Gasteiger partial charge on any atom is -0.481 e. The van der Waals surface area contributed by atoms with E-state index in [0.29, 0.717) is 28.4 Å². The minimum absolute atomic E-state index is 0.305. The number of carbonyl (C=O) groups is 1. The second-order valence-corrected chi connectivity index (χ2v) is 9.27. The van der Waals surface area contributed by atoms with Gasteiger partial charge in [0.1, 0.15) is 0 Å². The van der Waals surface area contributed by atoms with Gasteiger partial charge in [0.05, 0.1) is 23.7 Å². The van der Waals surface area contributed by atoms with Crippen LogP contribution in [-0.2, 0) is 4.79 Å². The minimum atomic E-state index is -1.03. The topological polar surface area (TPSA) is 101 Å². The number of carboxylic acids is 1. The third kappa shape index (κ3) is 4.74. The molecule has 188 valence electrons. The molecular formula is C29H27FN4O3. The van der Waals surface area contributed by atoms with Crippen molar-refractivity contribution in [2.45, 2.75) is 33.1 Å². The van der Waals surface area contributed by atoms with Crippen LogP contribution in [-0.4, -0.2) is 38.4 Å². The number of nitrogens with zero attached hydrogens (tertiary/aromatic N) is 3.